The van der Waals surface area contributed by atoms with Crippen molar-refractivity contribution in [1.82, 2.24) is 5.32 Å². The minimum atomic E-state index is -1.15. The summed E-state index contributed by atoms with van der Waals surface area (Å²) < 4.78 is 0. The predicted molar refractivity (Wildman–Crippen MR) is 151 cm³/mol. The van der Waals surface area contributed by atoms with Crippen molar-refractivity contribution in [3.63, 3.8) is 0 Å². The van der Waals surface area contributed by atoms with E-state index >= 15 is 0 Å². The Kier molecular flexibility index (Phi) is 7.87. The Morgan fingerprint density at radius 3 is 2.40 bits per heavy atom. The van der Waals surface area contributed by atoms with Crippen LogP contribution in [0.25, 0.3) is 10.8 Å². The van der Waals surface area contributed by atoms with E-state index in [1.54, 1.807) is 12.1 Å². The molecule has 8 nitrogen and oxygen atoms in total. The number of carbonyl (C=O) groups is 4. The SMILES string of the molecule is O=C(O)CN1C(=O)[C@@H](NC(=O)C2([C@H](CCc3cccc4ccccc34)C(=O)O)CCCC2)CCc2ccccc21. The van der Waals surface area contributed by atoms with Gasteiger partial charge in [0.15, 0.2) is 0 Å². The molecule has 2 aliphatic rings. The number of nitrogens with one attached hydrogen (secondary N) is 1. The van der Waals surface area contributed by atoms with Crippen LogP contribution in [-0.2, 0) is 32.0 Å². The Balaban J connectivity index is 1.39. The highest BCUT2D eigenvalue weighted by atomic mass is 16.4. The lowest BCUT2D eigenvalue weighted by Gasteiger charge is -2.35. The number of rotatable bonds is 9. The highest BCUT2D eigenvalue weighted by Gasteiger charge is 2.51. The zero-order valence-electron chi connectivity index (χ0n) is 22.3. The normalized spacial score (nSPS) is 19.1. The number of anilines is 1. The number of amides is 2. The molecule has 0 saturated heterocycles. The lowest BCUT2D eigenvalue weighted by molar-refractivity contribution is -0.154. The molecule has 1 aliphatic carbocycles. The van der Waals surface area contributed by atoms with Crippen LogP contribution in [0.5, 0.6) is 0 Å². The van der Waals surface area contributed by atoms with Gasteiger partial charge in [-0.2, -0.15) is 0 Å². The molecule has 0 bridgehead atoms. The van der Waals surface area contributed by atoms with Gasteiger partial charge in [-0.3, -0.25) is 24.1 Å². The summed E-state index contributed by atoms with van der Waals surface area (Å²) in [6.07, 6.45) is 3.95. The Morgan fingerprint density at radius 2 is 1.65 bits per heavy atom. The van der Waals surface area contributed by atoms with Crippen molar-refractivity contribution in [3.05, 3.63) is 77.9 Å². The molecular formula is C32H34N2O6. The van der Waals surface area contributed by atoms with Crippen LogP contribution in [0.15, 0.2) is 66.7 Å². The van der Waals surface area contributed by atoms with Gasteiger partial charge in [0.2, 0.25) is 11.8 Å². The molecule has 5 rings (SSSR count). The summed E-state index contributed by atoms with van der Waals surface area (Å²) in [5.41, 5.74) is 1.27. The molecule has 3 N–H and O–H groups in total. The summed E-state index contributed by atoms with van der Waals surface area (Å²) in [6.45, 7) is -0.518. The average Bonchev–Trinajstić information content (AvgIpc) is 3.40. The third kappa shape index (κ3) is 5.30. The van der Waals surface area contributed by atoms with Crippen molar-refractivity contribution in [3.8, 4) is 0 Å². The molecule has 3 aromatic carbocycles. The van der Waals surface area contributed by atoms with Crippen molar-refractivity contribution in [2.75, 3.05) is 11.4 Å². The quantitative estimate of drug-likeness (QED) is 0.364. The minimum absolute atomic E-state index is 0.298. The maximum Gasteiger partial charge on any atom is 0.323 e. The first-order chi connectivity index (χ1) is 19.3. The molecule has 0 radical (unpaired) electrons. The van der Waals surface area contributed by atoms with E-state index in [0.29, 0.717) is 44.2 Å². The van der Waals surface area contributed by atoms with Crippen molar-refractivity contribution < 1.29 is 29.4 Å². The van der Waals surface area contributed by atoms with Gasteiger partial charge in [0.1, 0.15) is 12.6 Å². The Bertz CT molecular complexity index is 1440. The number of carbonyl (C=O) groups excluding carboxylic acids is 2. The van der Waals surface area contributed by atoms with Crippen molar-refractivity contribution in [2.24, 2.45) is 11.3 Å². The molecule has 0 spiro atoms. The van der Waals surface area contributed by atoms with E-state index in [1.165, 1.54) is 4.90 Å². The number of carboxylic acid groups (broad SMARTS) is 2. The van der Waals surface area contributed by atoms with E-state index < -0.39 is 47.7 Å². The van der Waals surface area contributed by atoms with Crippen LogP contribution < -0.4 is 10.2 Å². The lowest BCUT2D eigenvalue weighted by atomic mass is 9.70. The molecule has 40 heavy (non-hydrogen) atoms. The second-order valence-corrected chi connectivity index (χ2v) is 10.9. The molecule has 3 aromatic rings. The first-order valence-corrected chi connectivity index (χ1v) is 13.9. The summed E-state index contributed by atoms with van der Waals surface area (Å²) >= 11 is 0. The number of fused-ring (bicyclic) bond motifs is 2. The fraction of sp³-hybridized carbons (Fsp3) is 0.375. The number of aryl methyl sites for hydroxylation is 2. The summed E-state index contributed by atoms with van der Waals surface area (Å²) in [5, 5.41) is 24.9. The second-order valence-electron chi connectivity index (χ2n) is 10.9. The van der Waals surface area contributed by atoms with Crippen LogP contribution in [0.2, 0.25) is 0 Å². The summed E-state index contributed by atoms with van der Waals surface area (Å²) in [7, 11) is 0. The highest BCUT2D eigenvalue weighted by Crippen LogP contribution is 2.47. The highest BCUT2D eigenvalue weighted by molar-refractivity contribution is 6.04. The third-order valence-electron chi connectivity index (χ3n) is 8.64. The van der Waals surface area contributed by atoms with E-state index in [-0.39, 0.29) is 0 Å². The average molecular weight is 543 g/mol. The number of aliphatic carboxylic acids is 2. The molecule has 1 aliphatic heterocycles. The second kappa shape index (κ2) is 11.5. The predicted octanol–water partition coefficient (Wildman–Crippen LogP) is 4.58. The van der Waals surface area contributed by atoms with Crippen molar-refractivity contribution in [1.29, 1.82) is 0 Å². The van der Waals surface area contributed by atoms with Gasteiger partial charge in [-0.1, -0.05) is 73.5 Å². The van der Waals surface area contributed by atoms with E-state index in [9.17, 15) is 29.4 Å². The Morgan fingerprint density at radius 1 is 0.950 bits per heavy atom. The first-order valence-electron chi connectivity index (χ1n) is 13.9. The number of carboxylic acids is 2. The summed E-state index contributed by atoms with van der Waals surface area (Å²) in [6, 6.07) is 20.2. The van der Waals surface area contributed by atoms with E-state index in [1.807, 2.05) is 54.6 Å². The van der Waals surface area contributed by atoms with E-state index in [4.69, 9.17) is 0 Å². The smallest absolute Gasteiger partial charge is 0.323 e. The van der Waals surface area contributed by atoms with Gasteiger partial charge in [0, 0.05) is 5.69 Å². The van der Waals surface area contributed by atoms with Gasteiger partial charge in [-0.05, 0) is 66.5 Å². The van der Waals surface area contributed by atoms with Crippen LogP contribution in [0.1, 0.15) is 49.7 Å². The van der Waals surface area contributed by atoms with Gasteiger partial charge in [0.25, 0.3) is 0 Å². The van der Waals surface area contributed by atoms with Gasteiger partial charge < -0.3 is 15.5 Å². The summed E-state index contributed by atoms with van der Waals surface area (Å²) in [5.74, 6) is -3.99. The maximum absolute atomic E-state index is 14.0. The van der Waals surface area contributed by atoms with E-state index in [0.717, 1.165) is 34.7 Å². The first kappa shape index (κ1) is 27.4. The zero-order chi connectivity index (χ0) is 28.3. The van der Waals surface area contributed by atoms with Crippen molar-refractivity contribution in [2.45, 2.75) is 57.4 Å². The number of hydrogen-bond donors (Lipinski definition) is 3. The third-order valence-corrected chi connectivity index (χ3v) is 8.64. The maximum atomic E-state index is 14.0. The standard InChI is InChI=1S/C32H34N2O6/c35-28(36)20-34-27-13-4-2-9-23(27)15-17-26(29(34)37)33-31(40)32(18-5-6-19-32)25(30(38)39)16-14-22-11-7-10-21-8-1-3-12-24(21)22/h1-4,7-13,25-26H,5-6,14-20H2,(H,33,40)(H,35,36)(H,38,39)/t25-,26+/m1/s1. The monoisotopic (exact) mass is 542 g/mol. The van der Waals surface area contributed by atoms with Crippen LogP contribution in [-0.4, -0.2) is 46.6 Å². The molecule has 1 heterocycles. The molecule has 1 fully saturated rings. The fourth-order valence-electron chi connectivity index (χ4n) is 6.64. The summed E-state index contributed by atoms with van der Waals surface area (Å²) in [4.78, 5) is 53.1. The molecular weight excluding hydrogens is 508 g/mol. The molecule has 1 saturated carbocycles. The topological polar surface area (TPSA) is 124 Å². The minimum Gasteiger partial charge on any atom is -0.481 e. The van der Waals surface area contributed by atoms with Crippen LogP contribution in [0, 0.1) is 11.3 Å². The number of para-hydroxylation sites is 1. The molecule has 0 unspecified atom stereocenters. The number of hydrogen-bond acceptors (Lipinski definition) is 4. The molecule has 2 atom stereocenters. The Hall–Kier alpha value is -4.20. The largest absolute Gasteiger partial charge is 0.481 e. The lowest BCUT2D eigenvalue weighted by Crippen LogP contribution is -2.55. The van der Waals surface area contributed by atoms with Gasteiger partial charge in [0.05, 0.1) is 11.3 Å². The number of nitrogens with zero attached hydrogens (tertiary/aromatic N) is 1. The fourth-order valence-corrected chi connectivity index (χ4v) is 6.64. The van der Waals surface area contributed by atoms with Gasteiger partial charge >= 0.3 is 11.9 Å². The zero-order valence-corrected chi connectivity index (χ0v) is 22.3. The van der Waals surface area contributed by atoms with Crippen LogP contribution in [0.3, 0.4) is 0 Å². The van der Waals surface area contributed by atoms with Gasteiger partial charge in [-0.15, -0.1) is 0 Å². The molecule has 8 heteroatoms. The number of benzene rings is 3. The van der Waals surface area contributed by atoms with Crippen LogP contribution in [0.4, 0.5) is 5.69 Å². The Labute approximate surface area is 233 Å². The molecule has 2 amide bonds. The molecule has 208 valence electrons. The van der Waals surface area contributed by atoms with Crippen LogP contribution >= 0.6 is 0 Å². The van der Waals surface area contributed by atoms with E-state index in [2.05, 4.69) is 5.32 Å². The molecule has 0 aromatic heterocycles. The van der Waals surface area contributed by atoms with Gasteiger partial charge in [-0.25, -0.2) is 0 Å². The van der Waals surface area contributed by atoms with Crippen molar-refractivity contribution >= 4 is 40.2 Å².